The fraction of sp³-hybridized carbons (Fsp3) is 0. The van der Waals surface area contributed by atoms with E-state index in [1.54, 1.807) is 0 Å². The number of hydrogen-bond acceptors (Lipinski definition) is 4. The highest BCUT2D eigenvalue weighted by Crippen LogP contribution is 2.13. The number of nitrogens with one attached hydrogen (secondary N) is 4. The van der Waals surface area contributed by atoms with Crippen LogP contribution in [0.2, 0.25) is 0 Å². The molecule has 0 fully saturated rings. The van der Waals surface area contributed by atoms with Crippen LogP contribution < -0.4 is 20.9 Å². The Kier molecular flexibility index (Phi) is 5.67. The molecular formula is C18H18B2N4. The van der Waals surface area contributed by atoms with E-state index in [-0.39, 0.29) is 0 Å². The Bertz CT molecular complexity index is 657. The standard InChI is InChI=1S/C18H18B2N4/c1-3-7-15(8-4-1)21-19-23-17-11-13-18(14-12-17)24-20-22-16-9-5-2-6-10-16/h1-14,21-24H. The smallest absolute Gasteiger partial charge is 0.385 e. The first-order valence-corrected chi connectivity index (χ1v) is 7.80. The molecule has 0 heterocycles. The van der Waals surface area contributed by atoms with Crippen LogP contribution in [0.25, 0.3) is 0 Å². The van der Waals surface area contributed by atoms with Gasteiger partial charge in [-0.1, -0.05) is 36.4 Å². The fourth-order valence-electron chi connectivity index (χ4n) is 2.14. The van der Waals surface area contributed by atoms with Crippen molar-refractivity contribution in [1.29, 1.82) is 0 Å². The largest absolute Gasteiger partial charge is 0.412 e. The van der Waals surface area contributed by atoms with Crippen LogP contribution in [0.1, 0.15) is 0 Å². The van der Waals surface area contributed by atoms with E-state index in [0.29, 0.717) is 0 Å². The molecule has 0 unspecified atom stereocenters. The van der Waals surface area contributed by atoms with Gasteiger partial charge in [-0.05, 0) is 48.5 Å². The molecule has 4 N–H and O–H groups in total. The van der Waals surface area contributed by atoms with E-state index in [1.165, 1.54) is 0 Å². The molecule has 0 saturated heterocycles. The minimum absolute atomic E-state index is 1.01. The summed E-state index contributed by atoms with van der Waals surface area (Å²) in [6.07, 6.45) is 0. The second-order valence-corrected chi connectivity index (χ2v) is 5.18. The molecule has 0 spiro atoms. The summed E-state index contributed by atoms with van der Waals surface area (Å²) in [7, 11) is 3.64. The van der Waals surface area contributed by atoms with Crippen LogP contribution in [-0.2, 0) is 0 Å². The zero-order valence-corrected chi connectivity index (χ0v) is 13.2. The molecule has 24 heavy (non-hydrogen) atoms. The van der Waals surface area contributed by atoms with E-state index in [2.05, 4.69) is 20.9 Å². The number of para-hydroxylation sites is 2. The Morgan fingerprint density at radius 1 is 0.375 bits per heavy atom. The molecule has 0 atom stereocenters. The van der Waals surface area contributed by atoms with Crippen molar-refractivity contribution in [3.63, 3.8) is 0 Å². The van der Waals surface area contributed by atoms with Gasteiger partial charge in [0, 0.05) is 22.7 Å². The van der Waals surface area contributed by atoms with Gasteiger partial charge in [-0.25, -0.2) is 0 Å². The maximum absolute atomic E-state index is 3.21. The molecule has 0 amide bonds. The van der Waals surface area contributed by atoms with Gasteiger partial charge in [-0.3, -0.25) is 0 Å². The number of benzene rings is 3. The summed E-state index contributed by atoms with van der Waals surface area (Å²) < 4.78 is 0. The highest BCUT2D eigenvalue weighted by atomic mass is 14.9. The number of anilines is 4. The summed E-state index contributed by atoms with van der Waals surface area (Å²) in [5.74, 6) is 0. The molecule has 3 aromatic rings. The predicted octanol–water partition coefficient (Wildman–Crippen LogP) is 3.80. The Balaban J connectivity index is 1.40. The first-order valence-electron chi connectivity index (χ1n) is 7.80. The van der Waals surface area contributed by atoms with Crippen molar-refractivity contribution in [3.05, 3.63) is 84.9 Å². The summed E-state index contributed by atoms with van der Waals surface area (Å²) in [6, 6.07) is 28.1. The molecule has 2 radical (unpaired) electrons. The van der Waals surface area contributed by atoms with Crippen molar-refractivity contribution < 1.29 is 0 Å². The molecule has 0 aromatic heterocycles. The first kappa shape index (κ1) is 15.9. The SMILES string of the molecule is [B](Nc1ccccc1)Nc1ccc(N[B]Nc2ccccc2)cc1. The van der Waals surface area contributed by atoms with E-state index >= 15 is 0 Å². The van der Waals surface area contributed by atoms with Gasteiger partial charge in [0.2, 0.25) is 0 Å². The van der Waals surface area contributed by atoms with Crippen molar-refractivity contribution >= 4 is 37.8 Å². The van der Waals surface area contributed by atoms with Crippen molar-refractivity contribution in [2.24, 2.45) is 0 Å². The minimum atomic E-state index is 1.01. The van der Waals surface area contributed by atoms with Crippen LogP contribution in [0, 0.1) is 0 Å². The van der Waals surface area contributed by atoms with Crippen LogP contribution >= 0.6 is 0 Å². The van der Waals surface area contributed by atoms with Crippen LogP contribution in [-0.4, -0.2) is 15.1 Å². The molecule has 0 bridgehead atoms. The lowest BCUT2D eigenvalue weighted by atomic mass is 10.1. The molecule has 6 heteroatoms. The average molecular weight is 312 g/mol. The topological polar surface area (TPSA) is 48.1 Å². The molecule has 3 rings (SSSR count). The zero-order valence-electron chi connectivity index (χ0n) is 13.2. The van der Waals surface area contributed by atoms with Crippen LogP contribution in [0.3, 0.4) is 0 Å². The average Bonchev–Trinajstić information content (AvgIpc) is 2.65. The van der Waals surface area contributed by atoms with Crippen molar-refractivity contribution in [2.45, 2.75) is 0 Å². The summed E-state index contributed by atoms with van der Waals surface area (Å²) in [5.41, 5.74) is 4.12. The Labute approximate surface area is 144 Å². The molecule has 0 aliphatic carbocycles. The molecule has 0 aliphatic rings. The lowest BCUT2D eigenvalue weighted by molar-refractivity contribution is 1.61. The van der Waals surface area contributed by atoms with Gasteiger partial charge in [0.25, 0.3) is 0 Å². The van der Waals surface area contributed by atoms with Crippen LogP contribution in [0.15, 0.2) is 84.9 Å². The van der Waals surface area contributed by atoms with Gasteiger partial charge >= 0.3 is 15.1 Å². The monoisotopic (exact) mass is 312 g/mol. The van der Waals surface area contributed by atoms with Gasteiger partial charge in [-0.15, -0.1) is 0 Å². The van der Waals surface area contributed by atoms with Gasteiger partial charge in [-0.2, -0.15) is 0 Å². The first-order chi connectivity index (χ1) is 11.9. The quantitative estimate of drug-likeness (QED) is 0.478. The molecule has 3 aromatic carbocycles. The number of rotatable bonds is 8. The lowest BCUT2D eigenvalue weighted by Crippen LogP contribution is -2.17. The summed E-state index contributed by atoms with van der Waals surface area (Å²) >= 11 is 0. The summed E-state index contributed by atoms with van der Waals surface area (Å²) in [6.45, 7) is 0. The molecule has 4 nitrogen and oxygen atoms in total. The molecule has 0 saturated carbocycles. The highest BCUT2D eigenvalue weighted by Gasteiger charge is 1.98. The van der Waals surface area contributed by atoms with Gasteiger partial charge in [0.1, 0.15) is 0 Å². The third-order valence-corrected chi connectivity index (χ3v) is 3.39. The fourth-order valence-corrected chi connectivity index (χ4v) is 2.14. The van der Waals surface area contributed by atoms with Crippen molar-refractivity contribution in [2.75, 3.05) is 20.9 Å². The Hall–Kier alpha value is -3.01. The third kappa shape index (κ3) is 5.02. The molecule has 0 aliphatic heterocycles. The normalized spacial score (nSPS) is 9.67. The molecular weight excluding hydrogens is 294 g/mol. The van der Waals surface area contributed by atoms with Crippen molar-refractivity contribution in [3.8, 4) is 0 Å². The lowest BCUT2D eigenvalue weighted by Gasteiger charge is -2.10. The van der Waals surface area contributed by atoms with Crippen LogP contribution in [0.5, 0.6) is 0 Å². The minimum Gasteiger partial charge on any atom is -0.412 e. The maximum atomic E-state index is 3.21. The third-order valence-electron chi connectivity index (χ3n) is 3.39. The van der Waals surface area contributed by atoms with E-state index in [1.807, 2.05) is 100 Å². The maximum Gasteiger partial charge on any atom is 0.385 e. The molecule has 116 valence electrons. The second-order valence-electron chi connectivity index (χ2n) is 5.18. The Morgan fingerprint density at radius 2 is 0.667 bits per heavy atom. The summed E-state index contributed by atoms with van der Waals surface area (Å²) in [4.78, 5) is 0. The van der Waals surface area contributed by atoms with Gasteiger partial charge in [0.15, 0.2) is 0 Å². The summed E-state index contributed by atoms with van der Waals surface area (Å²) in [5, 5.41) is 12.8. The van der Waals surface area contributed by atoms with E-state index in [0.717, 1.165) is 22.7 Å². The van der Waals surface area contributed by atoms with Crippen molar-refractivity contribution in [1.82, 2.24) is 0 Å². The highest BCUT2D eigenvalue weighted by molar-refractivity contribution is 6.45. The van der Waals surface area contributed by atoms with Gasteiger partial charge in [0.05, 0.1) is 0 Å². The van der Waals surface area contributed by atoms with Gasteiger partial charge < -0.3 is 20.9 Å². The number of hydrogen-bond donors (Lipinski definition) is 4. The Morgan fingerprint density at radius 3 is 1.00 bits per heavy atom. The van der Waals surface area contributed by atoms with E-state index in [4.69, 9.17) is 0 Å². The van der Waals surface area contributed by atoms with Crippen LogP contribution in [0.4, 0.5) is 22.7 Å². The van der Waals surface area contributed by atoms with E-state index in [9.17, 15) is 0 Å². The second kappa shape index (κ2) is 8.58. The van der Waals surface area contributed by atoms with E-state index < -0.39 is 0 Å². The predicted molar refractivity (Wildman–Crippen MR) is 105 cm³/mol. The zero-order chi connectivity index (χ0) is 16.5.